The number of aromatic carboxylic acids is 1. The van der Waals surface area contributed by atoms with Crippen molar-refractivity contribution in [2.75, 3.05) is 5.32 Å². The highest BCUT2D eigenvalue weighted by Gasteiger charge is 2.38. The summed E-state index contributed by atoms with van der Waals surface area (Å²) in [4.78, 5) is 11.0. The second-order valence-electron chi connectivity index (χ2n) is 5.86. The number of carboxylic acid groups (broad SMARTS) is 1. The van der Waals surface area contributed by atoms with Crippen LogP contribution in [0.3, 0.4) is 0 Å². The largest absolute Gasteiger partial charge is 0.545 e. The average molecular weight is 256 g/mol. The van der Waals surface area contributed by atoms with Gasteiger partial charge in [0.1, 0.15) is 0 Å². The fourth-order valence-corrected chi connectivity index (χ4v) is 3.42. The molecule has 100 valence electrons. The zero-order valence-corrected chi connectivity index (χ0v) is 11.2. The third kappa shape index (κ3) is 1.93. The highest BCUT2D eigenvalue weighted by atomic mass is 16.4. The van der Waals surface area contributed by atoms with E-state index in [0.717, 1.165) is 17.7 Å². The van der Waals surface area contributed by atoms with Crippen molar-refractivity contribution in [2.45, 2.75) is 32.2 Å². The Hall–Kier alpha value is -1.77. The van der Waals surface area contributed by atoms with Crippen molar-refractivity contribution in [3.05, 3.63) is 41.5 Å². The monoisotopic (exact) mass is 256 g/mol. The van der Waals surface area contributed by atoms with Crippen molar-refractivity contribution >= 4 is 11.7 Å². The zero-order valence-electron chi connectivity index (χ0n) is 11.2. The van der Waals surface area contributed by atoms with Crippen LogP contribution in [-0.2, 0) is 0 Å². The van der Waals surface area contributed by atoms with Crippen molar-refractivity contribution in [2.24, 2.45) is 11.8 Å². The molecule has 1 aromatic rings. The molecule has 0 aromatic heterocycles. The number of hydrogen-bond donors (Lipinski definition) is 1. The summed E-state index contributed by atoms with van der Waals surface area (Å²) in [6, 6.07) is 5.71. The van der Waals surface area contributed by atoms with Gasteiger partial charge in [-0.05, 0) is 41.5 Å². The second-order valence-corrected chi connectivity index (χ2v) is 5.86. The smallest absolute Gasteiger partial charge is 0.0715 e. The van der Waals surface area contributed by atoms with E-state index in [9.17, 15) is 9.90 Å². The van der Waals surface area contributed by atoms with Gasteiger partial charge in [0.15, 0.2) is 0 Å². The van der Waals surface area contributed by atoms with Crippen LogP contribution in [-0.4, -0.2) is 12.0 Å². The quantitative estimate of drug-likeness (QED) is 0.825. The summed E-state index contributed by atoms with van der Waals surface area (Å²) in [7, 11) is 0. The molecule has 0 unspecified atom stereocenters. The first-order valence-corrected chi connectivity index (χ1v) is 6.86. The van der Waals surface area contributed by atoms with Crippen molar-refractivity contribution in [3.8, 4) is 0 Å². The number of carbonyl (C=O) groups is 1. The Bertz CT molecular complexity index is 548. The molecule has 0 radical (unpaired) electrons. The molecule has 0 fully saturated rings. The molecule has 0 amide bonds. The molecule has 2 aliphatic rings. The molecule has 0 spiro atoms. The van der Waals surface area contributed by atoms with E-state index >= 15 is 0 Å². The van der Waals surface area contributed by atoms with Gasteiger partial charge in [-0.1, -0.05) is 32.1 Å². The number of nitrogens with one attached hydrogen (secondary N) is 1. The van der Waals surface area contributed by atoms with E-state index in [1.54, 1.807) is 12.1 Å². The molecule has 0 saturated carbocycles. The maximum absolute atomic E-state index is 11.0. The van der Waals surface area contributed by atoms with Crippen LogP contribution in [0, 0.1) is 11.8 Å². The number of rotatable bonds is 2. The van der Waals surface area contributed by atoms with Crippen LogP contribution < -0.4 is 10.4 Å². The van der Waals surface area contributed by atoms with Crippen molar-refractivity contribution in [1.82, 2.24) is 0 Å². The van der Waals surface area contributed by atoms with Crippen LogP contribution >= 0.6 is 0 Å². The van der Waals surface area contributed by atoms with Gasteiger partial charge < -0.3 is 15.2 Å². The third-order valence-electron chi connectivity index (χ3n) is 4.36. The van der Waals surface area contributed by atoms with Crippen LogP contribution in [0.1, 0.15) is 42.1 Å². The lowest BCUT2D eigenvalue weighted by Crippen LogP contribution is -2.39. The number of carboxylic acids is 1. The highest BCUT2D eigenvalue weighted by Crippen LogP contribution is 2.46. The van der Waals surface area contributed by atoms with Gasteiger partial charge in [0.05, 0.1) is 5.97 Å². The molecule has 3 atom stereocenters. The SMILES string of the molecule is CC(C)[C@H]1Nc2ccc(C(=O)[O-])cc2[C@@H]2C=CC[C@H]12. The molecular weight excluding hydrogens is 238 g/mol. The van der Waals surface area contributed by atoms with Crippen molar-refractivity contribution in [3.63, 3.8) is 0 Å². The first kappa shape index (κ1) is 12.3. The normalized spacial score (nSPS) is 27.8. The summed E-state index contributed by atoms with van der Waals surface area (Å²) in [6.45, 7) is 4.46. The van der Waals surface area contributed by atoms with E-state index in [2.05, 4.69) is 31.3 Å². The Morgan fingerprint density at radius 1 is 1.42 bits per heavy atom. The predicted octanol–water partition coefficient (Wildman–Crippen LogP) is 2.16. The zero-order chi connectivity index (χ0) is 13.6. The number of allylic oxidation sites excluding steroid dienone is 2. The Kier molecular flexibility index (Phi) is 2.85. The molecule has 3 heteroatoms. The van der Waals surface area contributed by atoms with Gasteiger partial charge in [0.25, 0.3) is 0 Å². The van der Waals surface area contributed by atoms with Gasteiger partial charge in [0.2, 0.25) is 0 Å². The molecule has 19 heavy (non-hydrogen) atoms. The van der Waals surface area contributed by atoms with E-state index in [0.29, 0.717) is 23.8 Å². The number of hydrogen-bond acceptors (Lipinski definition) is 3. The molecule has 1 N–H and O–H groups in total. The van der Waals surface area contributed by atoms with Crippen LogP contribution in [0.15, 0.2) is 30.4 Å². The Balaban J connectivity index is 2.05. The molecule has 0 bridgehead atoms. The van der Waals surface area contributed by atoms with E-state index in [1.807, 2.05) is 6.07 Å². The molecular formula is C16H18NO2-. The minimum absolute atomic E-state index is 0.266. The van der Waals surface area contributed by atoms with Gasteiger partial charge in [0, 0.05) is 17.6 Å². The lowest BCUT2D eigenvalue weighted by Gasteiger charge is -2.39. The first-order valence-electron chi connectivity index (χ1n) is 6.86. The van der Waals surface area contributed by atoms with E-state index in [4.69, 9.17) is 0 Å². The van der Waals surface area contributed by atoms with E-state index in [-0.39, 0.29) is 5.56 Å². The Morgan fingerprint density at radius 3 is 2.89 bits per heavy atom. The number of fused-ring (bicyclic) bond motifs is 3. The highest BCUT2D eigenvalue weighted by molar-refractivity contribution is 5.87. The summed E-state index contributed by atoms with van der Waals surface area (Å²) in [5.41, 5.74) is 2.43. The van der Waals surface area contributed by atoms with Crippen LogP contribution in [0.2, 0.25) is 0 Å². The maximum atomic E-state index is 11.0. The van der Waals surface area contributed by atoms with Crippen molar-refractivity contribution in [1.29, 1.82) is 0 Å². The second kappa shape index (κ2) is 4.41. The fourth-order valence-electron chi connectivity index (χ4n) is 3.42. The van der Waals surface area contributed by atoms with Crippen LogP contribution in [0.5, 0.6) is 0 Å². The lowest BCUT2D eigenvalue weighted by molar-refractivity contribution is -0.255. The van der Waals surface area contributed by atoms with Crippen LogP contribution in [0.25, 0.3) is 0 Å². The summed E-state index contributed by atoms with van der Waals surface area (Å²) >= 11 is 0. The summed E-state index contributed by atoms with van der Waals surface area (Å²) in [6.07, 6.45) is 5.50. The van der Waals surface area contributed by atoms with Crippen molar-refractivity contribution < 1.29 is 9.90 Å². The molecule has 1 aliphatic carbocycles. The number of benzene rings is 1. The number of carbonyl (C=O) groups excluding carboxylic acids is 1. The summed E-state index contributed by atoms with van der Waals surface area (Å²) in [5.74, 6) is 0.320. The molecule has 0 saturated heterocycles. The molecule has 3 nitrogen and oxygen atoms in total. The third-order valence-corrected chi connectivity index (χ3v) is 4.36. The minimum atomic E-state index is -1.10. The number of anilines is 1. The molecule has 1 aliphatic heterocycles. The lowest BCUT2D eigenvalue weighted by atomic mass is 9.75. The van der Waals surface area contributed by atoms with Gasteiger partial charge in [-0.3, -0.25) is 0 Å². The standard InChI is InChI=1S/C16H19NO2/c1-9(2)15-12-5-3-4-11(12)13-8-10(16(18)19)6-7-14(13)17-15/h3-4,6-9,11-12,15,17H,5H2,1-2H3,(H,18,19)/p-1/t11-,12+,15-/m1/s1. The summed E-state index contributed by atoms with van der Waals surface area (Å²) in [5, 5.41) is 14.6. The maximum Gasteiger partial charge on any atom is 0.0715 e. The fraction of sp³-hybridized carbons (Fsp3) is 0.438. The Morgan fingerprint density at radius 2 is 2.21 bits per heavy atom. The van der Waals surface area contributed by atoms with Crippen LogP contribution in [0.4, 0.5) is 5.69 Å². The molecule has 3 rings (SSSR count). The Labute approximate surface area is 113 Å². The summed E-state index contributed by atoms with van der Waals surface area (Å²) < 4.78 is 0. The van der Waals surface area contributed by atoms with E-state index < -0.39 is 5.97 Å². The van der Waals surface area contributed by atoms with Gasteiger partial charge in [-0.25, -0.2) is 0 Å². The topological polar surface area (TPSA) is 52.2 Å². The molecule has 1 aromatic carbocycles. The van der Waals surface area contributed by atoms with Gasteiger partial charge >= 0.3 is 0 Å². The minimum Gasteiger partial charge on any atom is -0.545 e. The average Bonchev–Trinajstić information content (AvgIpc) is 2.86. The van der Waals surface area contributed by atoms with E-state index in [1.165, 1.54) is 0 Å². The molecule has 1 heterocycles. The predicted molar refractivity (Wildman–Crippen MR) is 73.0 cm³/mol. The van der Waals surface area contributed by atoms with Gasteiger partial charge in [-0.15, -0.1) is 0 Å². The van der Waals surface area contributed by atoms with Gasteiger partial charge in [-0.2, -0.15) is 0 Å². The first-order chi connectivity index (χ1) is 9.08.